The van der Waals surface area contributed by atoms with Crippen molar-refractivity contribution in [2.45, 2.75) is 11.3 Å². The Hall–Kier alpha value is -3.34. The summed E-state index contributed by atoms with van der Waals surface area (Å²) < 4.78 is 72.4. The molecule has 0 unspecified atom stereocenters. The fourth-order valence-corrected chi connectivity index (χ4v) is 3.08. The largest absolute Gasteiger partial charge is 0.573 e. The van der Waals surface area contributed by atoms with Crippen molar-refractivity contribution in [3.05, 3.63) is 67.0 Å². The molecule has 0 fully saturated rings. The first-order valence-corrected chi connectivity index (χ1v) is 9.13. The van der Waals surface area contributed by atoms with Crippen molar-refractivity contribution in [1.82, 2.24) is 9.97 Å². The van der Waals surface area contributed by atoms with E-state index in [0.29, 0.717) is 5.75 Å². The number of halogens is 3. The minimum Gasteiger partial charge on any atom is -0.424 e. The minimum absolute atomic E-state index is 0.0165. The number of benzene rings is 2. The number of sulfonamides is 1. The first-order chi connectivity index (χ1) is 13.2. The third kappa shape index (κ3) is 5.33. The van der Waals surface area contributed by atoms with Gasteiger partial charge >= 0.3 is 12.4 Å². The van der Waals surface area contributed by atoms with Crippen LogP contribution in [0.1, 0.15) is 0 Å². The second-order valence-electron chi connectivity index (χ2n) is 5.29. The molecule has 0 atom stereocenters. The maximum Gasteiger partial charge on any atom is 0.573 e. The van der Waals surface area contributed by atoms with E-state index in [9.17, 15) is 21.6 Å². The molecule has 3 aromatic rings. The minimum atomic E-state index is -4.86. The molecule has 0 aliphatic heterocycles. The van der Waals surface area contributed by atoms with Gasteiger partial charge in [-0.15, -0.1) is 13.2 Å². The van der Waals surface area contributed by atoms with Crippen molar-refractivity contribution in [2.75, 3.05) is 4.72 Å². The van der Waals surface area contributed by atoms with Gasteiger partial charge in [0.1, 0.15) is 11.5 Å². The molecular weight excluding hydrogens is 399 g/mol. The zero-order valence-electron chi connectivity index (χ0n) is 13.9. The maximum atomic E-state index is 12.3. The molecule has 146 valence electrons. The van der Waals surface area contributed by atoms with E-state index in [1.807, 2.05) is 6.07 Å². The Morgan fingerprint density at radius 3 is 2.04 bits per heavy atom. The average molecular weight is 411 g/mol. The molecule has 2 aromatic carbocycles. The summed E-state index contributed by atoms with van der Waals surface area (Å²) in [5.74, 6) is -0.0193. The van der Waals surface area contributed by atoms with Crippen LogP contribution in [0.15, 0.2) is 71.9 Å². The first kappa shape index (κ1) is 19.4. The van der Waals surface area contributed by atoms with Crippen LogP contribution >= 0.6 is 0 Å². The number of nitrogens with one attached hydrogen (secondary N) is 1. The molecule has 3 rings (SSSR count). The lowest BCUT2D eigenvalue weighted by molar-refractivity contribution is -0.274. The van der Waals surface area contributed by atoms with Crippen LogP contribution in [-0.4, -0.2) is 24.7 Å². The van der Waals surface area contributed by atoms with Gasteiger partial charge in [-0.1, -0.05) is 18.2 Å². The van der Waals surface area contributed by atoms with Crippen molar-refractivity contribution in [3.8, 4) is 17.5 Å². The van der Waals surface area contributed by atoms with Crippen LogP contribution < -0.4 is 14.2 Å². The number of aromatic nitrogens is 2. The monoisotopic (exact) mass is 411 g/mol. The van der Waals surface area contributed by atoms with Gasteiger partial charge in [-0.3, -0.25) is 4.72 Å². The lowest BCUT2D eigenvalue weighted by Crippen LogP contribution is -2.17. The smallest absolute Gasteiger partial charge is 0.424 e. The SMILES string of the molecule is O=S(=O)(Nc1cnc(Oc2ccccc2)nc1)c1ccc(OC(F)(F)F)cc1. The Balaban J connectivity index is 1.68. The molecule has 0 aliphatic rings. The second kappa shape index (κ2) is 7.72. The fourth-order valence-electron chi connectivity index (χ4n) is 2.05. The summed E-state index contributed by atoms with van der Waals surface area (Å²) in [6, 6.07) is 12.5. The highest BCUT2D eigenvalue weighted by Gasteiger charge is 2.31. The number of nitrogens with zero attached hydrogens (tertiary/aromatic N) is 2. The van der Waals surface area contributed by atoms with Crippen LogP contribution in [-0.2, 0) is 10.0 Å². The fraction of sp³-hybridized carbons (Fsp3) is 0.0588. The van der Waals surface area contributed by atoms with Crippen molar-refractivity contribution >= 4 is 15.7 Å². The number of hydrogen-bond acceptors (Lipinski definition) is 6. The molecule has 0 saturated heterocycles. The van der Waals surface area contributed by atoms with Gasteiger partial charge in [0, 0.05) is 0 Å². The predicted molar refractivity (Wildman–Crippen MR) is 92.5 cm³/mol. The highest BCUT2D eigenvalue weighted by atomic mass is 32.2. The molecule has 0 bridgehead atoms. The van der Waals surface area contributed by atoms with Crippen LogP contribution in [0.3, 0.4) is 0 Å². The van der Waals surface area contributed by atoms with Gasteiger partial charge in [-0.25, -0.2) is 18.4 Å². The average Bonchev–Trinajstić information content (AvgIpc) is 2.63. The lowest BCUT2D eigenvalue weighted by atomic mass is 10.3. The van der Waals surface area contributed by atoms with E-state index in [4.69, 9.17) is 4.74 Å². The lowest BCUT2D eigenvalue weighted by Gasteiger charge is -2.10. The molecule has 0 radical (unpaired) electrons. The zero-order chi connectivity index (χ0) is 20.2. The van der Waals surface area contributed by atoms with Gasteiger partial charge in [0.05, 0.1) is 23.0 Å². The van der Waals surface area contributed by atoms with Gasteiger partial charge in [0.2, 0.25) is 0 Å². The topological polar surface area (TPSA) is 90.4 Å². The van der Waals surface area contributed by atoms with Gasteiger partial charge in [0.25, 0.3) is 10.0 Å². The van der Waals surface area contributed by atoms with Gasteiger partial charge in [0.15, 0.2) is 0 Å². The molecule has 28 heavy (non-hydrogen) atoms. The molecule has 0 aliphatic carbocycles. The third-order valence-electron chi connectivity index (χ3n) is 3.20. The Kier molecular flexibility index (Phi) is 5.36. The molecule has 11 heteroatoms. The Morgan fingerprint density at radius 1 is 0.857 bits per heavy atom. The number of alkyl halides is 3. The summed E-state index contributed by atoms with van der Waals surface area (Å²) in [6.07, 6.45) is -2.46. The number of para-hydroxylation sites is 1. The van der Waals surface area contributed by atoms with Gasteiger partial charge in [-0.05, 0) is 36.4 Å². The van der Waals surface area contributed by atoms with Crippen molar-refractivity contribution in [3.63, 3.8) is 0 Å². The number of anilines is 1. The van der Waals surface area contributed by atoms with Gasteiger partial charge < -0.3 is 9.47 Å². The molecular formula is C17H12F3N3O4S. The first-order valence-electron chi connectivity index (χ1n) is 7.65. The Bertz CT molecular complexity index is 1030. The molecule has 0 amide bonds. The molecule has 1 aromatic heterocycles. The van der Waals surface area contributed by atoms with Crippen LogP contribution in [0.4, 0.5) is 18.9 Å². The highest BCUT2D eigenvalue weighted by molar-refractivity contribution is 7.92. The molecule has 7 nitrogen and oxygen atoms in total. The molecule has 1 N–H and O–H groups in total. The second-order valence-corrected chi connectivity index (χ2v) is 6.98. The van der Waals surface area contributed by atoms with Crippen molar-refractivity contribution < 1.29 is 31.1 Å². The maximum absolute atomic E-state index is 12.3. The van der Waals surface area contributed by atoms with Gasteiger partial charge in [-0.2, -0.15) is 0 Å². The van der Waals surface area contributed by atoms with Crippen molar-refractivity contribution in [1.29, 1.82) is 0 Å². The van der Waals surface area contributed by atoms with E-state index in [0.717, 1.165) is 24.3 Å². The van der Waals surface area contributed by atoms with E-state index >= 15 is 0 Å². The molecule has 0 spiro atoms. The quantitative estimate of drug-likeness (QED) is 0.660. The van der Waals surface area contributed by atoms with E-state index in [1.165, 1.54) is 12.4 Å². The third-order valence-corrected chi connectivity index (χ3v) is 4.60. The summed E-state index contributed by atoms with van der Waals surface area (Å²) in [5.41, 5.74) is 0.0519. The standard InChI is InChI=1S/C17H12F3N3O4S/c18-17(19,20)27-14-6-8-15(9-7-14)28(24,25)23-12-10-21-16(22-11-12)26-13-4-2-1-3-5-13/h1-11,23H. The van der Waals surface area contributed by atoms with Crippen LogP contribution in [0.2, 0.25) is 0 Å². The van der Waals surface area contributed by atoms with E-state index in [2.05, 4.69) is 19.4 Å². The zero-order valence-corrected chi connectivity index (χ0v) is 14.7. The summed E-state index contributed by atoms with van der Waals surface area (Å²) in [7, 11) is -4.05. The van der Waals surface area contributed by atoms with E-state index in [-0.39, 0.29) is 16.6 Å². The Morgan fingerprint density at radius 2 is 1.46 bits per heavy atom. The number of ether oxygens (including phenoxy) is 2. The van der Waals surface area contributed by atoms with E-state index in [1.54, 1.807) is 24.3 Å². The summed E-state index contributed by atoms with van der Waals surface area (Å²) >= 11 is 0. The normalized spacial score (nSPS) is 11.7. The molecule has 1 heterocycles. The highest BCUT2D eigenvalue weighted by Crippen LogP contribution is 2.25. The molecule has 0 saturated carbocycles. The van der Waals surface area contributed by atoms with Crippen LogP contribution in [0.25, 0.3) is 0 Å². The summed E-state index contributed by atoms with van der Waals surface area (Å²) in [4.78, 5) is 7.54. The van der Waals surface area contributed by atoms with Crippen LogP contribution in [0, 0.1) is 0 Å². The number of rotatable bonds is 6. The number of hydrogen-bond donors (Lipinski definition) is 1. The van der Waals surface area contributed by atoms with E-state index < -0.39 is 22.1 Å². The van der Waals surface area contributed by atoms with Crippen molar-refractivity contribution in [2.24, 2.45) is 0 Å². The summed E-state index contributed by atoms with van der Waals surface area (Å²) in [6.45, 7) is 0. The summed E-state index contributed by atoms with van der Waals surface area (Å²) in [5, 5.41) is 0. The Labute approximate surface area is 157 Å². The predicted octanol–water partition coefficient (Wildman–Crippen LogP) is 3.97. The van der Waals surface area contributed by atoms with Crippen LogP contribution in [0.5, 0.6) is 17.5 Å².